The molecule has 1 atom stereocenters. The Labute approximate surface area is 195 Å². The number of halogens is 1. The fourth-order valence-corrected chi connectivity index (χ4v) is 4.21. The third kappa shape index (κ3) is 4.03. The molecule has 2 heterocycles. The van der Waals surface area contributed by atoms with Crippen molar-refractivity contribution in [1.29, 1.82) is 0 Å². The summed E-state index contributed by atoms with van der Waals surface area (Å²) in [5.41, 5.74) is 3.17. The topological polar surface area (TPSA) is 76.5 Å². The first kappa shape index (κ1) is 21.0. The van der Waals surface area contributed by atoms with Crippen LogP contribution in [0.3, 0.4) is 0 Å². The summed E-state index contributed by atoms with van der Waals surface area (Å²) < 4.78 is 7.09. The standard InChI is InChI=1S/C25H21ClN4O3/c1-33-19-12-6-16(7-13-19)15-29-24(32)22(14-23(31)27-18-10-8-17(26)9-11-18)30-21-5-3-2-4-20(21)28-25(29)30/h2-13,22H,14-15H2,1H3,(H,27,31)/t22-/m0/s1. The number of hydrogen-bond donors (Lipinski definition) is 1. The highest BCUT2D eigenvalue weighted by Crippen LogP contribution is 2.37. The Morgan fingerprint density at radius 1 is 1.06 bits per heavy atom. The van der Waals surface area contributed by atoms with Gasteiger partial charge in [-0.3, -0.25) is 19.1 Å². The third-order valence-corrected chi connectivity index (χ3v) is 5.94. The number of carbonyl (C=O) groups excluding carboxylic acids is 2. The minimum Gasteiger partial charge on any atom is -0.497 e. The SMILES string of the molecule is COc1ccc(CN2C(=O)[C@H](CC(=O)Nc3ccc(Cl)cc3)n3c2nc2ccccc23)cc1. The third-order valence-electron chi connectivity index (χ3n) is 5.69. The molecule has 0 aliphatic carbocycles. The largest absolute Gasteiger partial charge is 0.497 e. The second-order valence-electron chi connectivity index (χ2n) is 7.82. The highest BCUT2D eigenvalue weighted by molar-refractivity contribution is 6.30. The van der Waals surface area contributed by atoms with Gasteiger partial charge in [0.05, 0.1) is 31.1 Å². The molecule has 0 spiro atoms. The zero-order valence-corrected chi connectivity index (χ0v) is 18.6. The van der Waals surface area contributed by atoms with E-state index in [1.807, 2.05) is 53.1 Å². The Hall–Kier alpha value is -3.84. The van der Waals surface area contributed by atoms with E-state index < -0.39 is 6.04 Å². The molecule has 1 aromatic heterocycles. The summed E-state index contributed by atoms with van der Waals surface area (Å²) in [7, 11) is 1.61. The molecule has 3 aromatic carbocycles. The van der Waals surface area contributed by atoms with Gasteiger partial charge in [0.1, 0.15) is 11.8 Å². The van der Waals surface area contributed by atoms with Crippen LogP contribution < -0.4 is 15.0 Å². The molecule has 2 amide bonds. The lowest BCUT2D eigenvalue weighted by molar-refractivity contribution is -0.124. The first-order chi connectivity index (χ1) is 16.0. The summed E-state index contributed by atoms with van der Waals surface area (Å²) in [5, 5.41) is 3.43. The molecule has 0 fully saturated rings. The van der Waals surface area contributed by atoms with Crippen molar-refractivity contribution < 1.29 is 14.3 Å². The van der Waals surface area contributed by atoms with E-state index in [4.69, 9.17) is 21.3 Å². The van der Waals surface area contributed by atoms with Crippen molar-refractivity contribution in [2.24, 2.45) is 0 Å². The number of carbonyl (C=O) groups is 2. The fraction of sp³-hybridized carbons (Fsp3) is 0.160. The molecular weight excluding hydrogens is 440 g/mol. The minimum absolute atomic E-state index is 0.00603. The van der Waals surface area contributed by atoms with Gasteiger partial charge in [0.2, 0.25) is 11.9 Å². The second kappa shape index (κ2) is 8.60. The second-order valence-corrected chi connectivity index (χ2v) is 8.25. The van der Waals surface area contributed by atoms with Gasteiger partial charge in [0.25, 0.3) is 5.91 Å². The van der Waals surface area contributed by atoms with E-state index in [9.17, 15) is 9.59 Å². The van der Waals surface area contributed by atoms with Crippen LogP contribution in [0.4, 0.5) is 11.6 Å². The highest BCUT2D eigenvalue weighted by Gasteiger charge is 2.40. The van der Waals surface area contributed by atoms with E-state index in [2.05, 4.69) is 5.32 Å². The van der Waals surface area contributed by atoms with Gasteiger partial charge in [-0.1, -0.05) is 35.9 Å². The van der Waals surface area contributed by atoms with Gasteiger partial charge < -0.3 is 10.1 Å². The Morgan fingerprint density at radius 2 is 1.79 bits per heavy atom. The van der Waals surface area contributed by atoms with E-state index in [1.165, 1.54) is 0 Å². The van der Waals surface area contributed by atoms with E-state index in [-0.39, 0.29) is 18.2 Å². The van der Waals surface area contributed by atoms with E-state index >= 15 is 0 Å². The average Bonchev–Trinajstić information content (AvgIpc) is 3.32. The molecule has 4 aromatic rings. The van der Waals surface area contributed by atoms with Gasteiger partial charge in [-0.05, 0) is 54.1 Å². The van der Waals surface area contributed by atoms with Gasteiger partial charge in [-0.25, -0.2) is 4.98 Å². The van der Waals surface area contributed by atoms with Gasteiger partial charge in [-0.15, -0.1) is 0 Å². The lowest BCUT2D eigenvalue weighted by atomic mass is 10.1. The summed E-state index contributed by atoms with van der Waals surface area (Å²) in [5.74, 6) is 0.868. The van der Waals surface area contributed by atoms with Crippen LogP contribution in [-0.2, 0) is 16.1 Å². The summed E-state index contributed by atoms with van der Waals surface area (Å²) >= 11 is 5.92. The number of benzene rings is 3. The maximum absolute atomic E-state index is 13.5. The number of aromatic nitrogens is 2. The van der Waals surface area contributed by atoms with Crippen molar-refractivity contribution in [2.75, 3.05) is 17.3 Å². The van der Waals surface area contributed by atoms with E-state index in [1.54, 1.807) is 36.3 Å². The molecule has 166 valence electrons. The summed E-state index contributed by atoms with van der Waals surface area (Å²) in [6, 6.07) is 21.4. The van der Waals surface area contributed by atoms with Gasteiger partial charge in [0, 0.05) is 10.7 Å². The average molecular weight is 461 g/mol. The van der Waals surface area contributed by atoms with Crippen LogP contribution in [-0.4, -0.2) is 28.5 Å². The Morgan fingerprint density at radius 3 is 2.52 bits per heavy atom. The predicted octanol–water partition coefficient (Wildman–Crippen LogP) is 4.82. The predicted molar refractivity (Wildman–Crippen MR) is 128 cm³/mol. The Kier molecular flexibility index (Phi) is 5.48. The van der Waals surface area contributed by atoms with Crippen LogP contribution in [0.1, 0.15) is 18.0 Å². The van der Waals surface area contributed by atoms with E-state index in [0.717, 1.165) is 22.3 Å². The number of rotatable bonds is 6. The Balaban J connectivity index is 1.45. The molecule has 33 heavy (non-hydrogen) atoms. The number of hydrogen-bond acceptors (Lipinski definition) is 4. The molecular formula is C25H21ClN4O3. The molecule has 0 saturated heterocycles. The number of methoxy groups -OCH3 is 1. The number of ether oxygens (including phenoxy) is 1. The summed E-state index contributed by atoms with van der Waals surface area (Å²) in [4.78, 5) is 32.7. The quantitative estimate of drug-likeness (QED) is 0.447. The van der Waals surface area contributed by atoms with Gasteiger partial charge in [-0.2, -0.15) is 0 Å². The number of amides is 2. The number of nitrogens with zero attached hydrogens (tertiary/aromatic N) is 3. The zero-order valence-electron chi connectivity index (χ0n) is 17.9. The molecule has 0 radical (unpaired) electrons. The summed E-state index contributed by atoms with van der Waals surface area (Å²) in [6.45, 7) is 0.349. The molecule has 0 saturated carbocycles. The molecule has 1 aliphatic rings. The minimum atomic E-state index is -0.682. The van der Waals surface area contributed by atoms with Crippen molar-refractivity contribution in [1.82, 2.24) is 9.55 Å². The van der Waals surface area contributed by atoms with Crippen LogP contribution in [0.2, 0.25) is 5.02 Å². The first-order valence-electron chi connectivity index (χ1n) is 10.5. The van der Waals surface area contributed by atoms with Crippen LogP contribution >= 0.6 is 11.6 Å². The lowest BCUT2D eigenvalue weighted by Gasteiger charge is -2.16. The maximum atomic E-state index is 13.5. The molecule has 8 heteroatoms. The number of nitrogens with one attached hydrogen (secondary N) is 1. The number of fused-ring (bicyclic) bond motifs is 3. The van der Waals surface area contributed by atoms with Crippen LogP contribution in [0, 0.1) is 0 Å². The normalized spacial score (nSPS) is 15.0. The van der Waals surface area contributed by atoms with Crippen molar-refractivity contribution in [3.63, 3.8) is 0 Å². The molecule has 5 rings (SSSR count). The lowest BCUT2D eigenvalue weighted by Crippen LogP contribution is -2.31. The number of anilines is 2. The van der Waals surface area contributed by atoms with Crippen LogP contribution in [0.5, 0.6) is 5.75 Å². The maximum Gasteiger partial charge on any atom is 0.253 e. The zero-order chi connectivity index (χ0) is 22.9. The van der Waals surface area contributed by atoms with Crippen molar-refractivity contribution in [3.05, 3.63) is 83.4 Å². The molecule has 1 N–H and O–H groups in total. The van der Waals surface area contributed by atoms with Crippen molar-refractivity contribution in [2.45, 2.75) is 19.0 Å². The van der Waals surface area contributed by atoms with Gasteiger partial charge >= 0.3 is 0 Å². The first-order valence-corrected chi connectivity index (χ1v) is 10.9. The summed E-state index contributed by atoms with van der Waals surface area (Å²) in [6.07, 6.45) is -0.00603. The van der Waals surface area contributed by atoms with Crippen LogP contribution in [0.15, 0.2) is 72.8 Å². The van der Waals surface area contributed by atoms with Crippen LogP contribution in [0.25, 0.3) is 11.0 Å². The smallest absolute Gasteiger partial charge is 0.253 e. The number of imidazole rings is 1. The highest BCUT2D eigenvalue weighted by atomic mass is 35.5. The molecule has 0 unspecified atom stereocenters. The molecule has 7 nitrogen and oxygen atoms in total. The fourth-order valence-electron chi connectivity index (χ4n) is 4.08. The number of para-hydroxylation sites is 2. The van der Waals surface area contributed by atoms with Crippen molar-refractivity contribution in [3.8, 4) is 5.75 Å². The van der Waals surface area contributed by atoms with E-state index in [0.29, 0.717) is 23.2 Å². The molecule has 1 aliphatic heterocycles. The van der Waals surface area contributed by atoms with Gasteiger partial charge in [0.15, 0.2) is 0 Å². The van der Waals surface area contributed by atoms with Crippen molar-refractivity contribution >= 4 is 46.1 Å². The molecule has 0 bridgehead atoms. The monoisotopic (exact) mass is 460 g/mol. The Bertz CT molecular complexity index is 1330.